The average Bonchev–Trinajstić information content (AvgIpc) is 2.87. The van der Waals surface area contributed by atoms with Gasteiger partial charge in [-0.05, 0) is 60.9 Å². The maximum atomic E-state index is 12.7. The molecule has 0 saturated heterocycles. The van der Waals surface area contributed by atoms with E-state index in [1.54, 1.807) is 30.3 Å². The molecule has 0 fully saturated rings. The Labute approximate surface area is 203 Å². The summed E-state index contributed by atoms with van der Waals surface area (Å²) < 4.78 is 11.5. The van der Waals surface area contributed by atoms with Crippen molar-refractivity contribution in [3.8, 4) is 17.6 Å². The van der Waals surface area contributed by atoms with Gasteiger partial charge in [0.1, 0.15) is 18.2 Å². The van der Waals surface area contributed by atoms with Gasteiger partial charge in [-0.1, -0.05) is 36.4 Å². The third-order valence-electron chi connectivity index (χ3n) is 5.13. The molecule has 35 heavy (non-hydrogen) atoms. The number of ether oxygens (including phenoxy) is 2. The summed E-state index contributed by atoms with van der Waals surface area (Å²) in [6.45, 7) is 4.27. The van der Waals surface area contributed by atoms with Crippen LogP contribution in [0.3, 0.4) is 0 Å². The second-order valence-corrected chi connectivity index (χ2v) is 7.63. The number of nitrogens with one attached hydrogen (secondary N) is 1. The van der Waals surface area contributed by atoms with Gasteiger partial charge in [-0.2, -0.15) is 5.26 Å². The molecule has 0 spiro atoms. The predicted octanol–water partition coefficient (Wildman–Crippen LogP) is 5.36. The van der Waals surface area contributed by atoms with Crippen LogP contribution in [-0.4, -0.2) is 17.4 Å². The summed E-state index contributed by atoms with van der Waals surface area (Å²) in [5.74, 6) is 0.460. The summed E-state index contributed by atoms with van der Waals surface area (Å²) in [7, 11) is 0. The van der Waals surface area contributed by atoms with E-state index in [0.717, 1.165) is 11.1 Å². The number of carbonyl (C=O) groups is 1. The lowest BCUT2D eigenvalue weighted by atomic mass is 10.1. The number of non-ortho nitro benzene ring substituents is 1. The quantitative estimate of drug-likeness (QED) is 0.184. The lowest BCUT2D eigenvalue weighted by molar-refractivity contribution is -0.384. The third-order valence-corrected chi connectivity index (χ3v) is 5.13. The van der Waals surface area contributed by atoms with Crippen LogP contribution in [0.1, 0.15) is 36.6 Å². The molecule has 0 aliphatic carbocycles. The molecule has 3 rings (SSSR count). The molecule has 0 bridgehead atoms. The van der Waals surface area contributed by atoms with Crippen molar-refractivity contribution in [2.75, 3.05) is 6.61 Å². The van der Waals surface area contributed by atoms with Crippen molar-refractivity contribution < 1.29 is 19.2 Å². The van der Waals surface area contributed by atoms with Crippen LogP contribution in [0.25, 0.3) is 6.08 Å². The Balaban J connectivity index is 1.73. The molecule has 0 aliphatic heterocycles. The summed E-state index contributed by atoms with van der Waals surface area (Å²) in [6.07, 6.45) is 1.50. The first-order chi connectivity index (χ1) is 16.9. The van der Waals surface area contributed by atoms with E-state index >= 15 is 0 Å². The van der Waals surface area contributed by atoms with Gasteiger partial charge in [0.15, 0.2) is 11.5 Å². The molecule has 178 valence electrons. The van der Waals surface area contributed by atoms with E-state index in [4.69, 9.17) is 9.47 Å². The fourth-order valence-electron chi connectivity index (χ4n) is 3.29. The Bertz CT molecular complexity index is 1250. The average molecular weight is 472 g/mol. The zero-order valence-corrected chi connectivity index (χ0v) is 19.4. The Kier molecular flexibility index (Phi) is 8.57. The maximum absolute atomic E-state index is 12.7. The van der Waals surface area contributed by atoms with Gasteiger partial charge in [-0.15, -0.1) is 0 Å². The number of nitrogens with zero attached hydrogens (tertiary/aromatic N) is 2. The molecular formula is C27H25N3O5. The van der Waals surface area contributed by atoms with Crippen molar-refractivity contribution in [1.29, 1.82) is 5.26 Å². The van der Waals surface area contributed by atoms with Crippen LogP contribution in [0.2, 0.25) is 0 Å². The molecule has 0 aliphatic rings. The van der Waals surface area contributed by atoms with E-state index < -0.39 is 10.8 Å². The van der Waals surface area contributed by atoms with Crippen LogP contribution in [0, 0.1) is 21.4 Å². The lowest BCUT2D eigenvalue weighted by Gasteiger charge is -2.14. The Morgan fingerprint density at radius 1 is 1.09 bits per heavy atom. The van der Waals surface area contributed by atoms with Crippen molar-refractivity contribution in [1.82, 2.24) is 5.32 Å². The molecule has 1 N–H and O–H groups in total. The van der Waals surface area contributed by atoms with Gasteiger partial charge in [0.2, 0.25) is 0 Å². The highest BCUT2D eigenvalue weighted by Crippen LogP contribution is 2.30. The van der Waals surface area contributed by atoms with Crippen LogP contribution in [-0.2, 0) is 11.4 Å². The predicted molar refractivity (Wildman–Crippen MR) is 132 cm³/mol. The Morgan fingerprint density at radius 2 is 1.80 bits per heavy atom. The Hall–Kier alpha value is -4.64. The minimum Gasteiger partial charge on any atom is -0.490 e. The summed E-state index contributed by atoms with van der Waals surface area (Å²) in [6, 6.07) is 22.4. The number of nitro benzene ring substituents is 1. The standard InChI is InChI=1S/C27H25N3O5/c1-3-34-26-16-21(11-14-25(26)35-18-20-9-12-24(13-10-20)30(32)33)15-23(17-28)27(31)29-19(2)22-7-5-4-6-8-22/h4-16,19H,3,18H2,1-2H3,(H,29,31)/b23-15+/t19-/m1/s1. The molecule has 0 radical (unpaired) electrons. The molecule has 3 aromatic rings. The highest BCUT2D eigenvalue weighted by Gasteiger charge is 2.15. The minimum atomic E-state index is -0.472. The van der Waals surface area contributed by atoms with Gasteiger partial charge in [0.25, 0.3) is 11.6 Å². The molecule has 8 nitrogen and oxygen atoms in total. The fraction of sp³-hybridized carbons (Fsp3) is 0.185. The number of amides is 1. The highest BCUT2D eigenvalue weighted by molar-refractivity contribution is 6.01. The van der Waals surface area contributed by atoms with E-state index in [1.165, 1.54) is 18.2 Å². The molecule has 0 aromatic heterocycles. The number of benzene rings is 3. The SMILES string of the molecule is CCOc1cc(/C=C(\C#N)C(=O)N[C@H](C)c2ccccc2)ccc1OCc1ccc([N+](=O)[O-])cc1. The normalized spacial score (nSPS) is 11.7. The van der Waals surface area contributed by atoms with Crippen molar-refractivity contribution >= 4 is 17.7 Å². The van der Waals surface area contributed by atoms with Crippen molar-refractivity contribution in [2.45, 2.75) is 26.5 Å². The van der Waals surface area contributed by atoms with E-state index in [2.05, 4.69) is 5.32 Å². The lowest BCUT2D eigenvalue weighted by Crippen LogP contribution is -2.27. The molecule has 0 unspecified atom stereocenters. The fourth-order valence-corrected chi connectivity index (χ4v) is 3.29. The van der Waals surface area contributed by atoms with Crippen LogP contribution in [0.15, 0.2) is 78.4 Å². The summed E-state index contributed by atoms with van der Waals surface area (Å²) in [4.78, 5) is 23.0. The molecule has 8 heteroatoms. The van der Waals surface area contributed by atoms with Gasteiger partial charge in [0, 0.05) is 12.1 Å². The van der Waals surface area contributed by atoms with E-state index in [-0.39, 0.29) is 23.9 Å². The summed E-state index contributed by atoms with van der Waals surface area (Å²) >= 11 is 0. The van der Waals surface area contributed by atoms with Gasteiger partial charge >= 0.3 is 0 Å². The van der Waals surface area contributed by atoms with Gasteiger partial charge in [-0.3, -0.25) is 14.9 Å². The van der Waals surface area contributed by atoms with Gasteiger partial charge in [0.05, 0.1) is 17.6 Å². The van der Waals surface area contributed by atoms with Crippen molar-refractivity contribution in [3.05, 3.63) is 105 Å². The van der Waals surface area contributed by atoms with Crippen LogP contribution in [0.5, 0.6) is 11.5 Å². The third kappa shape index (κ3) is 6.92. The van der Waals surface area contributed by atoms with Gasteiger partial charge < -0.3 is 14.8 Å². The first-order valence-corrected chi connectivity index (χ1v) is 11.0. The molecule has 0 saturated carbocycles. The van der Waals surface area contributed by atoms with Crippen LogP contribution in [0.4, 0.5) is 5.69 Å². The minimum absolute atomic E-state index is 0.00962. The van der Waals surface area contributed by atoms with Crippen LogP contribution >= 0.6 is 0 Å². The number of nitro groups is 1. The number of hydrogen-bond acceptors (Lipinski definition) is 6. The monoisotopic (exact) mass is 471 g/mol. The molecule has 0 heterocycles. The first kappa shape index (κ1) is 25.0. The highest BCUT2D eigenvalue weighted by atomic mass is 16.6. The molecular weight excluding hydrogens is 446 g/mol. The maximum Gasteiger partial charge on any atom is 0.269 e. The van der Waals surface area contributed by atoms with Crippen LogP contribution < -0.4 is 14.8 Å². The van der Waals surface area contributed by atoms with Crippen molar-refractivity contribution in [3.63, 3.8) is 0 Å². The number of nitriles is 1. The smallest absolute Gasteiger partial charge is 0.269 e. The van der Waals surface area contributed by atoms with E-state index in [1.807, 2.05) is 50.2 Å². The molecule has 1 amide bonds. The zero-order chi connectivity index (χ0) is 25.2. The number of carbonyl (C=O) groups excluding carboxylic acids is 1. The molecule has 1 atom stereocenters. The topological polar surface area (TPSA) is 114 Å². The second kappa shape index (κ2) is 12.0. The number of rotatable bonds is 10. The number of hydrogen-bond donors (Lipinski definition) is 1. The summed E-state index contributed by atoms with van der Waals surface area (Å²) in [5.41, 5.74) is 2.28. The van der Waals surface area contributed by atoms with Crippen molar-refractivity contribution in [2.24, 2.45) is 0 Å². The molecule has 3 aromatic carbocycles. The van der Waals surface area contributed by atoms with E-state index in [0.29, 0.717) is 23.7 Å². The largest absolute Gasteiger partial charge is 0.490 e. The second-order valence-electron chi connectivity index (χ2n) is 7.63. The zero-order valence-electron chi connectivity index (χ0n) is 19.4. The van der Waals surface area contributed by atoms with E-state index in [9.17, 15) is 20.2 Å². The Morgan fingerprint density at radius 3 is 2.43 bits per heavy atom. The first-order valence-electron chi connectivity index (χ1n) is 11.0. The summed E-state index contributed by atoms with van der Waals surface area (Å²) in [5, 5.41) is 23.2. The van der Waals surface area contributed by atoms with Gasteiger partial charge in [-0.25, -0.2) is 0 Å².